The van der Waals surface area contributed by atoms with Crippen LogP contribution >= 0.6 is 0 Å². The van der Waals surface area contributed by atoms with Gasteiger partial charge in [-0.2, -0.15) is 0 Å². The topological polar surface area (TPSA) is 32.7 Å². The van der Waals surface area contributed by atoms with Crippen molar-refractivity contribution < 1.29 is 9.84 Å². The number of ether oxygens (including phenoxy) is 1. The van der Waals surface area contributed by atoms with Crippen molar-refractivity contribution in [3.63, 3.8) is 0 Å². The molecule has 0 unspecified atom stereocenters. The molecule has 2 aliphatic rings. The summed E-state index contributed by atoms with van der Waals surface area (Å²) in [4.78, 5) is 2.27. The van der Waals surface area contributed by atoms with Crippen LogP contribution < -0.4 is 0 Å². The molecule has 3 heteroatoms. The highest BCUT2D eigenvalue weighted by Crippen LogP contribution is 2.47. The van der Waals surface area contributed by atoms with Gasteiger partial charge in [0, 0.05) is 12.5 Å². The molecular formula is C19H29NO2. The van der Waals surface area contributed by atoms with Crippen molar-refractivity contribution in [1.82, 2.24) is 4.90 Å². The molecule has 0 aromatic heterocycles. The van der Waals surface area contributed by atoms with Crippen LogP contribution in [-0.2, 0) is 10.3 Å². The van der Waals surface area contributed by atoms with Gasteiger partial charge in [0.1, 0.15) is 5.75 Å². The number of benzene rings is 1. The summed E-state index contributed by atoms with van der Waals surface area (Å²) in [5.74, 6) is 1.61. The average molecular weight is 303 g/mol. The zero-order chi connectivity index (χ0) is 15.6. The van der Waals surface area contributed by atoms with E-state index in [1.807, 2.05) is 12.1 Å². The molecule has 0 bridgehead atoms. The van der Waals surface area contributed by atoms with Gasteiger partial charge in [-0.25, -0.2) is 0 Å². The molecule has 0 amide bonds. The molecule has 0 spiro atoms. The van der Waals surface area contributed by atoms with Crippen molar-refractivity contribution in [2.24, 2.45) is 11.8 Å². The third-order valence-corrected chi connectivity index (χ3v) is 5.20. The largest absolute Gasteiger partial charge is 0.508 e. The summed E-state index contributed by atoms with van der Waals surface area (Å²) in [6, 6.07) is 7.76. The Morgan fingerprint density at radius 1 is 1.23 bits per heavy atom. The van der Waals surface area contributed by atoms with E-state index in [2.05, 4.69) is 25.1 Å². The molecule has 1 N–H and O–H groups in total. The smallest absolute Gasteiger partial charge is 0.115 e. The first-order chi connectivity index (χ1) is 10.6. The molecule has 2 atom stereocenters. The lowest BCUT2D eigenvalue weighted by atomic mass is 9.71. The third kappa shape index (κ3) is 3.47. The molecule has 0 aliphatic heterocycles. The van der Waals surface area contributed by atoms with Crippen molar-refractivity contribution in [2.45, 2.75) is 44.1 Å². The van der Waals surface area contributed by atoms with Gasteiger partial charge in [0.25, 0.3) is 0 Å². The Morgan fingerprint density at radius 3 is 2.73 bits per heavy atom. The summed E-state index contributed by atoms with van der Waals surface area (Å²) in [5, 5.41) is 9.95. The van der Waals surface area contributed by atoms with Gasteiger partial charge in [0.2, 0.25) is 0 Å². The maximum atomic E-state index is 9.95. The Labute approximate surface area is 134 Å². The first kappa shape index (κ1) is 15.8. The summed E-state index contributed by atoms with van der Waals surface area (Å²) < 4.78 is 6.61. The van der Waals surface area contributed by atoms with Crippen LogP contribution in [0.15, 0.2) is 24.3 Å². The van der Waals surface area contributed by atoms with Gasteiger partial charge >= 0.3 is 0 Å². The molecule has 0 radical (unpaired) electrons. The monoisotopic (exact) mass is 303 g/mol. The summed E-state index contributed by atoms with van der Waals surface area (Å²) in [5.41, 5.74) is 0.948. The van der Waals surface area contributed by atoms with Crippen LogP contribution in [0.25, 0.3) is 0 Å². The van der Waals surface area contributed by atoms with Gasteiger partial charge in [0.05, 0.1) is 12.2 Å². The molecule has 2 fully saturated rings. The van der Waals surface area contributed by atoms with Gasteiger partial charge in [-0.15, -0.1) is 0 Å². The van der Waals surface area contributed by atoms with Crippen LogP contribution in [0.5, 0.6) is 5.75 Å². The Morgan fingerprint density at radius 2 is 2.05 bits per heavy atom. The van der Waals surface area contributed by atoms with E-state index in [1.54, 1.807) is 6.07 Å². The molecule has 122 valence electrons. The first-order valence-corrected chi connectivity index (χ1v) is 8.68. The number of phenolic OH excluding ortho intramolecular Hbond substituents is 1. The molecule has 3 rings (SSSR count). The van der Waals surface area contributed by atoms with Gasteiger partial charge in [-0.1, -0.05) is 25.0 Å². The fourth-order valence-electron chi connectivity index (χ4n) is 3.87. The fourth-order valence-corrected chi connectivity index (χ4v) is 3.87. The highest BCUT2D eigenvalue weighted by Gasteiger charge is 2.44. The van der Waals surface area contributed by atoms with Crippen molar-refractivity contribution in [3.05, 3.63) is 29.8 Å². The lowest BCUT2D eigenvalue weighted by molar-refractivity contribution is -0.124. The van der Waals surface area contributed by atoms with E-state index in [-0.39, 0.29) is 5.60 Å². The van der Waals surface area contributed by atoms with E-state index in [1.165, 1.54) is 37.7 Å². The summed E-state index contributed by atoms with van der Waals surface area (Å²) in [6.45, 7) is 1.92. The predicted molar refractivity (Wildman–Crippen MR) is 89.0 cm³/mol. The zero-order valence-electron chi connectivity index (χ0n) is 13.9. The number of hydrogen-bond donors (Lipinski definition) is 1. The molecule has 22 heavy (non-hydrogen) atoms. The molecule has 1 aromatic rings. The molecule has 1 aromatic carbocycles. The highest BCUT2D eigenvalue weighted by molar-refractivity contribution is 5.32. The van der Waals surface area contributed by atoms with Crippen LogP contribution in [0.4, 0.5) is 0 Å². The van der Waals surface area contributed by atoms with Gasteiger partial charge < -0.3 is 14.7 Å². The van der Waals surface area contributed by atoms with Crippen LogP contribution in [0.3, 0.4) is 0 Å². The van der Waals surface area contributed by atoms with E-state index in [9.17, 15) is 5.11 Å². The minimum absolute atomic E-state index is 0.218. The van der Waals surface area contributed by atoms with Gasteiger partial charge in [-0.3, -0.25) is 0 Å². The third-order valence-electron chi connectivity index (χ3n) is 5.20. The predicted octanol–water partition coefficient (Wildman–Crippen LogP) is 3.77. The standard InChI is InChI=1S/C19H29NO2/c1-20(2)13-17-6-3-4-11-19(17,22-14-15-9-10-15)16-7-5-8-18(21)12-16/h5,7-8,12,15,17,21H,3-4,6,9-11,13-14H2,1-2H3/t17-,19+/m1/s1. The second kappa shape index (κ2) is 6.59. The number of nitrogens with zero attached hydrogens (tertiary/aromatic N) is 1. The van der Waals surface area contributed by atoms with Gasteiger partial charge in [-0.05, 0) is 63.4 Å². The number of aromatic hydroxyl groups is 1. The van der Waals surface area contributed by atoms with E-state index in [0.29, 0.717) is 11.7 Å². The lowest BCUT2D eigenvalue weighted by Crippen LogP contribution is -2.45. The van der Waals surface area contributed by atoms with E-state index in [4.69, 9.17) is 4.74 Å². The zero-order valence-corrected chi connectivity index (χ0v) is 13.9. The quantitative estimate of drug-likeness (QED) is 0.868. The van der Waals surface area contributed by atoms with Crippen LogP contribution in [0.1, 0.15) is 44.1 Å². The van der Waals surface area contributed by atoms with Crippen LogP contribution in [-0.4, -0.2) is 37.3 Å². The molecule has 0 saturated heterocycles. The van der Waals surface area contributed by atoms with Crippen molar-refractivity contribution in [2.75, 3.05) is 27.2 Å². The summed E-state index contributed by atoms with van der Waals surface area (Å²) >= 11 is 0. The molecule has 0 heterocycles. The number of rotatable bonds is 6. The normalized spacial score (nSPS) is 29.0. The average Bonchev–Trinajstić information content (AvgIpc) is 3.30. The van der Waals surface area contributed by atoms with E-state index in [0.717, 1.165) is 25.5 Å². The van der Waals surface area contributed by atoms with Crippen molar-refractivity contribution in [3.8, 4) is 5.75 Å². The van der Waals surface area contributed by atoms with Crippen LogP contribution in [0.2, 0.25) is 0 Å². The SMILES string of the molecule is CN(C)C[C@H]1CCCC[C@]1(OCC1CC1)c1cccc(O)c1. The van der Waals surface area contributed by atoms with Crippen molar-refractivity contribution >= 4 is 0 Å². The van der Waals surface area contributed by atoms with Gasteiger partial charge in [0.15, 0.2) is 0 Å². The van der Waals surface area contributed by atoms with E-state index >= 15 is 0 Å². The highest BCUT2D eigenvalue weighted by atomic mass is 16.5. The second-order valence-electron chi connectivity index (χ2n) is 7.40. The fraction of sp³-hybridized carbons (Fsp3) is 0.684. The summed E-state index contributed by atoms with van der Waals surface area (Å²) in [6.07, 6.45) is 7.40. The lowest BCUT2D eigenvalue weighted by Gasteiger charge is -2.45. The Bertz CT molecular complexity index is 498. The first-order valence-electron chi connectivity index (χ1n) is 8.68. The Hall–Kier alpha value is -1.06. The maximum Gasteiger partial charge on any atom is 0.115 e. The van der Waals surface area contributed by atoms with Crippen LogP contribution in [0, 0.1) is 11.8 Å². The Kier molecular flexibility index (Phi) is 4.74. The van der Waals surface area contributed by atoms with E-state index < -0.39 is 0 Å². The summed E-state index contributed by atoms with van der Waals surface area (Å²) in [7, 11) is 4.28. The minimum atomic E-state index is -0.218. The minimum Gasteiger partial charge on any atom is -0.508 e. The van der Waals surface area contributed by atoms with Crippen molar-refractivity contribution in [1.29, 1.82) is 0 Å². The Balaban J connectivity index is 1.91. The molecular weight excluding hydrogens is 274 g/mol. The molecule has 3 nitrogen and oxygen atoms in total. The second-order valence-corrected chi connectivity index (χ2v) is 7.40. The number of hydrogen-bond acceptors (Lipinski definition) is 3. The maximum absolute atomic E-state index is 9.95. The number of phenols is 1. The molecule has 2 saturated carbocycles. The molecule has 2 aliphatic carbocycles.